The third-order valence-corrected chi connectivity index (χ3v) is 7.76. The van der Waals surface area contributed by atoms with Crippen molar-refractivity contribution >= 4 is 23.9 Å². The van der Waals surface area contributed by atoms with Crippen LogP contribution in [-0.2, 0) is 52.3 Å². The van der Waals surface area contributed by atoms with E-state index in [1.54, 1.807) is 0 Å². The Morgan fingerprint density at radius 2 is 1.55 bits per heavy atom. The van der Waals surface area contributed by atoms with Crippen molar-refractivity contribution in [1.29, 1.82) is 0 Å². The van der Waals surface area contributed by atoms with Crippen molar-refractivity contribution < 1.29 is 52.3 Å². The van der Waals surface area contributed by atoms with E-state index in [4.69, 9.17) is 33.2 Å². The van der Waals surface area contributed by atoms with Crippen LogP contribution in [0.3, 0.4) is 0 Å². The third kappa shape index (κ3) is 7.73. The summed E-state index contributed by atoms with van der Waals surface area (Å²) in [5, 5.41) is 0. The summed E-state index contributed by atoms with van der Waals surface area (Å²) < 4.78 is 39.5. The van der Waals surface area contributed by atoms with Gasteiger partial charge in [-0.15, -0.1) is 0 Å². The molecule has 11 nitrogen and oxygen atoms in total. The number of rotatable bonds is 9. The molecule has 4 aliphatic rings. The summed E-state index contributed by atoms with van der Waals surface area (Å²) in [5.41, 5.74) is 0.162. The van der Waals surface area contributed by atoms with Gasteiger partial charge in [-0.2, -0.15) is 0 Å². The number of ether oxygens (including phenoxy) is 7. The van der Waals surface area contributed by atoms with Gasteiger partial charge in [0.1, 0.15) is 6.10 Å². The molecule has 11 heteroatoms. The molecule has 3 saturated heterocycles. The second kappa shape index (κ2) is 11.9. The zero-order valence-electron chi connectivity index (χ0n) is 24.5. The Hall–Kier alpha value is -2.24. The molecule has 1 spiro atoms. The molecule has 1 aliphatic carbocycles. The maximum Gasteiger partial charge on any atom is 0.350 e. The fourth-order valence-corrected chi connectivity index (χ4v) is 5.47. The highest BCUT2D eigenvalue weighted by Crippen LogP contribution is 2.49. The lowest BCUT2D eigenvalue weighted by Gasteiger charge is -2.35. The highest BCUT2D eigenvalue weighted by molar-refractivity contribution is 5.83. The van der Waals surface area contributed by atoms with Crippen LogP contribution in [0.2, 0.25) is 0 Å². The summed E-state index contributed by atoms with van der Waals surface area (Å²) in [6.45, 7) is 12.3. The van der Waals surface area contributed by atoms with Gasteiger partial charge in [-0.1, -0.05) is 41.5 Å². The maximum atomic E-state index is 12.5. The fourth-order valence-electron chi connectivity index (χ4n) is 5.47. The van der Waals surface area contributed by atoms with E-state index < -0.39 is 61.0 Å². The average Bonchev–Trinajstić information content (AvgIpc) is 3.46. The largest absolute Gasteiger partial charge is 0.465 e. The Balaban J connectivity index is 1.20. The molecule has 5 atom stereocenters. The van der Waals surface area contributed by atoms with Crippen molar-refractivity contribution in [2.75, 3.05) is 13.2 Å². The number of fused-ring (bicyclic) bond motifs is 3. The highest BCUT2D eigenvalue weighted by Gasteiger charge is 2.66. The van der Waals surface area contributed by atoms with Gasteiger partial charge in [-0.25, -0.2) is 9.59 Å². The molecule has 3 aliphatic heterocycles. The molecule has 4 fully saturated rings. The lowest BCUT2D eigenvalue weighted by atomic mass is 9.85. The average molecular weight is 569 g/mol. The summed E-state index contributed by atoms with van der Waals surface area (Å²) in [5.74, 6) is -3.45. The third-order valence-electron chi connectivity index (χ3n) is 7.76. The predicted molar refractivity (Wildman–Crippen MR) is 138 cm³/mol. The standard InChI is InChI=1S/C29H44O11/c1-27(2,3)11-7-15-34-24(32)17-8-13-29(14-9-17)39-23-21-20(38-26(23)40-29)22(25(33)37-21)36-19(31)16-35-18(30)10-12-28(4,5)6/h17,20-23,26H,7-16H2,1-6H3. The van der Waals surface area contributed by atoms with E-state index >= 15 is 0 Å². The van der Waals surface area contributed by atoms with Gasteiger partial charge in [0.15, 0.2) is 30.9 Å². The van der Waals surface area contributed by atoms with E-state index in [0.29, 0.717) is 38.7 Å². The SMILES string of the molecule is CC(C)(C)CCCOC(=O)C1CCC2(CC1)OC1OC3C(OC(=O)COC(=O)CCC(C)(C)C)C(=O)OC3C1O2. The molecule has 5 unspecified atom stereocenters. The van der Waals surface area contributed by atoms with Crippen molar-refractivity contribution in [3.8, 4) is 0 Å². The van der Waals surface area contributed by atoms with Crippen LogP contribution in [0.25, 0.3) is 0 Å². The van der Waals surface area contributed by atoms with Crippen LogP contribution in [0, 0.1) is 16.7 Å². The van der Waals surface area contributed by atoms with Gasteiger partial charge in [-0.05, 0) is 42.9 Å². The summed E-state index contributed by atoms with van der Waals surface area (Å²) in [6.07, 6.45) is 0.225. The van der Waals surface area contributed by atoms with Crippen LogP contribution in [0.15, 0.2) is 0 Å². The van der Waals surface area contributed by atoms with Crippen LogP contribution in [-0.4, -0.2) is 73.6 Å². The van der Waals surface area contributed by atoms with Crippen molar-refractivity contribution in [3.05, 3.63) is 0 Å². The van der Waals surface area contributed by atoms with Gasteiger partial charge < -0.3 is 33.2 Å². The lowest BCUT2D eigenvalue weighted by molar-refractivity contribution is -0.249. The molecule has 0 aromatic rings. The van der Waals surface area contributed by atoms with E-state index in [9.17, 15) is 19.2 Å². The molecule has 0 bridgehead atoms. The molecule has 0 aromatic carbocycles. The van der Waals surface area contributed by atoms with Crippen LogP contribution >= 0.6 is 0 Å². The first-order valence-electron chi connectivity index (χ1n) is 14.4. The van der Waals surface area contributed by atoms with Gasteiger partial charge in [0, 0.05) is 19.3 Å². The first-order chi connectivity index (χ1) is 18.6. The first kappa shape index (κ1) is 30.7. The topological polar surface area (TPSA) is 133 Å². The van der Waals surface area contributed by atoms with Crippen LogP contribution < -0.4 is 0 Å². The number of carbonyl (C=O) groups excluding carboxylic acids is 4. The molecule has 0 N–H and O–H groups in total. The fraction of sp³-hybridized carbons (Fsp3) is 0.862. The number of hydrogen-bond acceptors (Lipinski definition) is 11. The van der Waals surface area contributed by atoms with Crippen molar-refractivity contribution in [2.45, 2.75) is 129 Å². The Morgan fingerprint density at radius 3 is 2.20 bits per heavy atom. The molecule has 1 saturated carbocycles. The van der Waals surface area contributed by atoms with Gasteiger partial charge in [0.2, 0.25) is 6.10 Å². The maximum absolute atomic E-state index is 12.5. The molecule has 0 aromatic heterocycles. The van der Waals surface area contributed by atoms with Crippen molar-refractivity contribution in [1.82, 2.24) is 0 Å². The summed E-state index contributed by atoms with van der Waals surface area (Å²) in [6, 6.07) is 0. The van der Waals surface area contributed by atoms with Crippen molar-refractivity contribution in [3.63, 3.8) is 0 Å². The summed E-state index contributed by atoms with van der Waals surface area (Å²) in [7, 11) is 0. The minimum atomic E-state index is -1.30. The summed E-state index contributed by atoms with van der Waals surface area (Å²) >= 11 is 0. The number of hydrogen-bond donors (Lipinski definition) is 0. The van der Waals surface area contributed by atoms with Crippen molar-refractivity contribution in [2.24, 2.45) is 16.7 Å². The molecule has 0 radical (unpaired) electrons. The zero-order valence-corrected chi connectivity index (χ0v) is 24.5. The Kier molecular flexibility index (Phi) is 9.16. The monoisotopic (exact) mass is 568 g/mol. The van der Waals surface area contributed by atoms with Crippen LogP contribution in [0.5, 0.6) is 0 Å². The molecular weight excluding hydrogens is 524 g/mol. The van der Waals surface area contributed by atoms with E-state index in [2.05, 4.69) is 20.8 Å². The predicted octanol–water partition coefficient (Wildman–Crippen LogP) is 3.59. The van der Waals surface area contributed by atoms with E-state index in [0.717, 1.165) is 12.8 Å². The quantitative estimate of drug-likeness (QED) is 0.230. The molecule has 226 valence electrons. The van der Waals surface area contributed by atoms with Gasteiger partial charge >= 0.3 is 23.9 Å². The Bertz CT molecular complexity index is 954. The zero-order chi connectivity index (χ0) is 29.3. The number of esters is 4. The minimum absolute atomic E-state index is 0.0420. The lowest BCUT2D eigenvalue weighted by Crippen LogP contribution is -2.42. The number of carbonyl (C=O) groups is 4. The highest BCUT2D eigenvalue weighted by atomic mass is 16.9. The van der Waals surface area contributed by atoms with E-state index in [1.807, 2.05) is 20.8 Å². The summed E-state index contributed by atoms with van der Waals surface area (Å²) in [4.78, 5) is 49.2. The van der Waals surface area contributed by atoms with Gasteiger partial charge in [-0.3, -0.25) is 9.59 Å². The van der Waals surface area contributed by atoms with E-state index in [1.165, 1.54) is 0 Å². The smallest absolute Gasteiger partial charge is 0.350 e. The Morgan fingerprint density at radius 1 is 0.875 bits per heavy atom. The Labute approximate surface area is 235 Å². The molecular formula is C29H44O11. The van der Waals surface area contributed by atoms with Crippen LogP contribution in [0.4, 0.5) is 0 Å². The van der Waals surface area contributed by atoms with Crippen LogP contribution in [0.1, 0.15) is 92.9 Å². The second-order valence-electron chi connectivity index (χ2n) is 13.7. The van der Waals surface area contributed by atoms with Gasteiger partial charge in [0.05, 0.1) is 12.5 Å². The molecule has 0 amide bonds. The minimum Gasteiger partial charge on any atom is -0.465 e. The second-order valence-corrected chi connectivity index (χ2v) is 13.7. The van der Waals surface area contributed by atoms with E-state index in [-0.39, 0.29) is 29.1 Å². The normalized spacial score (nSPS) is 33.3. The molecule has 4 rings (SSSR count). The first-order valence-corrected chi connectivity index (χ1v) is 14.4. The van der Waals surface area contributed by atoms with Gasteiger partial charge in [0.25, 0.3) is 0 Å². The molecule has 40 heavy (non-hydrogen) atoms. The molecule has 3 heterocycles.